The van der Waals surface area contributed by atoms with Gasteiger partial charge in [0.25, 0.3) is 5.56 Å². The van der Waals surface area contributed by atoms with Crippen LogP contribution in [0.1, 0.15) is 29.8 Å². The van der Waals surface area contributed by atoms with Crippen molar-refractivity contribution in [1.82, 2.24) is 9.55 Å². The molecule has 0 aliphatic heterocycles. The monoisotopic (exact) mass is 417 g/mol. The molecule has 10 heteroatoms. The molecule has 0 bridgehead atoms. The van der Waals surface area contributed by atoms with Crippen molar-refractivity contribution >= 4 is 33.8 Å². The molecular formula is C19H23N5O4S. The van der Waals surface area contributed by atoms with Crippen LogP contribution in [-0.4, -0.2) is 36.3 Å². The number of anilines is 2. The van der Waals surface area contributed by atoms with E-state index < -0.39 is 21.3 Å². The lowest BCUT2D eigenvalue weighted by Crippen LogP contribution is -2.28. The summed E-state index contributed by atoms with van der Waals surface area (Å²) in [6.45, 7) is 6.46. The summed E-state index contributed by atoms with van der Waals surface area (Å²) in [6, 6.07) is 2.92. The van der Waals surface area contributed by atoms with Gasteiger partial charge in [-0.05, 0) is 57.0 Å². The van der Waals surface area contributed by atoms with Gasteiger partial charge in [0.1, 0.15) is 5.69 Å². The van der Waals surface area contributed by atoms with Crippen LogP contribution in [0.25, 0.3) is 5.82 Å². The fourth-order valence-corrected chi connectivity index (χ4v) is 5.06. The fourth-order valence-electron chi connectivity index (χ4n) is 3.15. The Morgan fingerprint density at radius 3 is 2.55 bits per heavy atom. The third-order valence-corrected chi connectivity index (χ3v) is 6.85. The molecule has 0 atom stereocenters. The van der Waals surface area contributed by atoms with Gasteiger partial charge in [-0.25, -0.2) is 18.4 Å². The molecule has 0 aromatic carbocycles. The fraction of sp³-hybridized carbons (Fsp3) is 0.368. The number of hydrogen-bond acceptors (Lipinski definition) is 7. The molecule has 4 N–H and O–H groups in total. The van der Waals surface area contributed by atoms with Crippen LogP contribution < -0.4 is 17.0 Å². The van der Waals surface area contributed by atoms with Crippen molar-refractivity contribution in [1.29, 1.82) is 0 Å². The second-order valence-corrected chi connectivity index (χ2v) is 9.31. The van der Waals surface area contributed by atoms with E-state index in [1.54, 1.807) is 19.9 Å². The van der Waals surface area contributed by atoms with Crippen LogP contribution in [0.2, 0.25) is 0 Å². The van der Waals surface area contributed by atoms with Crippen LogP contribution in [0.3, 0.4) is 0 Å². The topological polar surface area (TPSA) is 150 Å². The van der Waals surface area contributed by atoms with Gasteiger partial charge >= 0.3 is 0 Å². The van der Waals surface area contributed by atoms with Crippen molar-refractivity contribution in [2.45, 2.75) is 38.0 Å². The highest BCUT2D eigenvalue weighted by molar-refractivity contribution is 7.91. The number of sulfone groups is 1. The third-order valence-electron chi connectivity index (χ3n) is 4.93. The number of carbonyl (C=O) groups excluding carboxylic acids is 1. The molecule has 2 aromatic rings. The number of aliphatic imine (C=N–C) groups is 1. The van der Waals surface area contributed by atoms with E-state index in [9.17, 15) is 18.0 Å². The first-order valence-corrected chi connectivity index (χ1v) is 10.7. The number of aryl methyl sites for hydroxylation is 2. The molecule has 1 amide bonds. The minimum Gasteiger partial charge on any atom is -0.396 e. The Balaban J connectivity index is 2.11. The second-order valence-electron chi connectivity index (χ2n) is 7.30. The van der Waals surface area contributed by atoms with Crippen LogP contribution in [0.4, 0.5) is 11.4 Å². The minimum absolute atomic E-state index is 0.0127. The number of nitrogen functional groups attached to an aromatic ring is 2. The van der Waals surface area contributed by atoms with Crippen molar-refractivity contribution < 1.29 is 13.2 Å². The van der Waals surface area contributed by atoms with Crippen LogP contribution in [-0.2, 0) is 21.1 Å². The highest BCUT2D eigenvalue weighted by Gasteiger charge is 2.31. The van der Waals surface area contributed by atoms with Crippen LogP contribution in [0.15, 0.2) is 26.8 Å². The predicted molar refractivity (Wildman–Crippen MR) is 111 cm³/mol. The van der Waals surface area contributed by atoms with Crippen LogP contribution in [0.5, 0.6) is 0 Å². The number of aromatic nitrogens is 2. The molecule has 0 radical (unpaired) electrons. The zero-order valence-corrected chi connectivity index (χ0v) is 17.1. The quantitative estimate of drug-likeness (QED) is 0.665. The smallest absolute Gasteiger partial charge is 0.281 e. The largest absolute Gasteiger partial charge is 0.396 e. The highest BCUT2D eigenvalue weighted by atomic mass is 32.2. The van der Waals surface area contributed by atoms with Crippen LogP contribution >= 0.6 is 0 Å². The normalized spacial score (nSPS) is 14.0. The molecule has 3 rings (SSSR count). The van der Waals surface area contributed by atoms with E-state index in [0.29, 0.717) is 17.0 Å². The Morgan fingerprint density at radius 1 is 1.31 bits per heavy atom. The van der Waals surface area contributed by atoms with Crippen LogP contribution in [0, 0.1) is 19.8 Å². The van der Waals surface area contributed by atoms with E-state index in [0.717, 1.165) is 12.8 Å². The predicted octanol–water partition coefficient (Wildman–Crippen LogP) is 0.967. The summed E-state index contributed by atoms with van der Waals surface area (Å²) in [6.07, 6.45) is 1.72. The summed E-state index contributed by atoms with van der Waals surface area (Å²) in [5.74, 6) is -0.183. The summed E-state index contributed by atoms with van der Waals surface area (Å²) in [7, 11) is -3.66. The molecule has 1 aliphatic carbocycles. The second kappa shape index (κ2) is 7.43. The number of pyridine rings is 2. The number of amides is 1. The first-order valence-electron chi connectivity index (χ1n) is 9.06. The van der Waals surface area contributed by atoms with Crippen molar-refractivity contribution in [2.24, 2.45) is 10.9 Å². The van der Waals surface area contributed by atoms with E-state index in [1.807, 2.05) is 0 Å². The molecule has 0 unspecified atom stereocenters. The Bertz CT molecular complexity index is 1180. The van der Waals surface area contributed by atoms with Crippen molar-refractivity contribution in [3.63, 3.8) is 0 Å². The van der Waals surface area contributed by atoms with Gasteiger partial charge in [-0.15, -0.1) is 0 Å². The molecule has 2 aromatic heterocycles. The Kier molecular flexibility index (Phi) is 5.31. The minimum atomic E-state index is -3.66. The lowest BCUT2D eigenvalue weighted by molar-refractivity contribution is -0.117. The number of carbonyl (C=O) groups is 1. The maximum Gasteiger partial charge on any atom is 0.281 e. The Morgan fingerprint density at radius 2 is 1.97 bits per heavy atom. The highest BCUT2D eigenvalue weighted by Crippen LogP contribution is 2.33. The van der Waals surface area contributed by atoms with Gasteiger partial charge in [-0.1, -0.05) is 0 Å². The van der Waals surface area contributed by atoms with Gasteiger partial charge in [0.15, 0.2) is 15.7 Å². The third kappa shape index (κ3) is 4.07. The molecule has 1 fully saturated rings. The molecule has 29 heavy (non-hydrogen) atoms. The molecule has 0 spiro atoms. The summed E-state index contributed by atoms with van der Waals surface area (Å²) < 4.78 is 26.5. The van der Waals surface area contributed by atoms with Crippen molar-refractivity contribution in [3.05, 3.63) is 39.4 Å². The first-order chi connectivity index (χ1) is 13.5. The maximum atomic E-state index is 12.9. The van der Waals surface area contributed by atoms with Crippen molar-refractivity contribution in [2.75, 3.05) is 17.2 Å². The zero-order chi connectivity index (χ0) is 21.5. The Labute approximate surface area is 168 Å². The van der Waals surface area contributed by atoms with Gasteiger partial charge in [0, 0.05) is 11.4 Å². The molecule has 9 nitrogen and oxygen atoms in total. The summed E-state index contributed by atoms with van der Waals surface area (Å²) >= 11 is 0. The lowest BCUT2D eigenvalue weighted by atomic mass is 10.1. The van der Waals surface area contributed by atoms with Gasteiger partial charge in [-0.2, -0.15) is 0 Å². The van der Waals surface area contributed by atoms with Crippen molar-refractivity contribution in [3.8, 4) is 5.82 Å². The number of hydrogen-bond donors (Lipinski definition) is 2. The molecule has 1 saturated carbocycles. The lowest BCUT2D eigenvalue weighted by Gasteiger charge is -2.17. The van der Waals surface area contributed by atoms with Gasteiger partial charge in [-0.3, -0.25) is 14.2 Å². The molecule has 0 saturated heterocycles. The van der Waals surface area contributed by atoms with E-state index in [4.69, 9.17) is 11.5 Å². The van der Waals surface area contributed by atoms with Gasteiger partial charge < -0.3 is 11.5 Å². The Hall–Kier alpha value is -3.01. The molecule has 2 heterocycles. The SMILES string of the molecule is C=NC(=O)Cc1cc(N)c(-n2c(C)cc(S(=O)(=O)CC3CC3)c(N)c2=O)nc1C. The van der Waals surface area contributed by atoms with E-state index in [-0.39, 0.29) is 40.2 Å². The van der Waals surface area contributed by atoms with E-state index in [1.165, 1.54) is 10.6 Å². The number of nitrogens with two attached hydrogens (primary N) is 2. The number of nitrogens with zero attached hydrogens (tertiary/aromatic N) is 3. The summed E-state index contributed by atoms with van der Waals surface area (Å²) in [4.78, 5) is 32.0. The average molecular weight is 417 g/mol. The molecular weight excluding hydrogens is 394 g/mol. The maximum absolute atomic E-state index is 12.9. The van der Waals surface area contributed by atoms with Gasteiger partial charge in [0.05, 0.1) is 22.8 Å². The van der Waals surface area contributed by atoms with Gasteiger partial charge in [0.2, 0.25) is 5.91 Å². The molecule has 1 aliphatic rings. The average Bonchev–Trinajstić information content (AvgIpc) is 3.45. The standard InChI is InChI=1S/C19H23N5O4S/c1-10-6-15(29(27,28)9-12-4-5-12)17(21)19(26)24(10)18-14(20)7-13(11(2)23-18)8-16(25)22-3/h6-7,12H,3-5,8-9,20-21H2,1-2H3. The number of rotatable bonds is 6. The summed E-state index contributed by atoms with van der Waals surface area (Å²) in [5.41, 5.74) is 12.5. The first kappa shape index (κ1) is 20.7. The zero-order valence-electron chi connectivity index (χ0n) is 16.3. The van der Waals surface area contributed by atoms with E-state index >= 15 is 0 Å². The molecule has 154 valence electrons. The summed E-state index contributed by atoms with van der Waals surface area (Å²) in [5, 5.41) is 0. The van der Waals surface area contributed by atoms with E-state index in [2.05, 4.69) is 16.7 Å².